The van der Waals surface area contributed by atoms with Crippen LogP contribution < -0.4 is 24.8 Å². The molecule has 3 N–H and O–H groups in total. The number of nitrogens with zero attached hydrogens (tertiary/aromatic N) is 4. The number of carboxylic acids is 1. The Hall–Kier alpha value is -4.61. The third-order valence-corrected chi connectivity index (χ3v) is 7.83. The van der Waals surface area contributed by atoms with Gasteiger partial charge in [-0.15, -0.1) is 0 Å². The van der Waals surface area contributed by atoms with E-state index in [0.717, 1.165) is 49.8 Å². The molecule has 6 bridgehead atoms. The summed E-state index contributed by atoms with van der Waals surface area (Å²) >= 11 is 0. The molecule has 1 saturated heterocycles. The molecule has 0 spiro atoms. The lowest BCUT2D eigenvalue weighted by molar-refractivity contribution is -0.138. The number of nitrogens with one attached hydrogen (secondary N) is 2. The molecule has 1 unspecified atom stereocenters. The number of hydrogen-bond donors (Lipinski definition) is 3. The SMILES string of the molecule is CCOc1nc2nc(n1)Nc1ccc(C(=O)N3CCC(CC(=O)O)C3)c(c1)OCCCCCCCCOc1ccc(cc1)CN2. The second kappa shape index (κ2) is 15.9. The number of likely N-dealkylation sites (tertiary alicyclic amines) is 1. The number of aliphatic carboxylic acids is 1. The third-order valence-electron chi connectivity index (χ3n) is 7.83. The molecule has 1 atom stereocenters. The highest BCUT2D eigenvalue weighted by Gasteiger charge is 2.30. The predicted octanol–water partition coefficient (Wildman–Crippen LogP) is 5.67. The van der Waals surface area contributed by atoms with Gasteiger partial charge in [0.2, 0.25) is 11.9 Å². The number of hydrogen-bond acceptors (Lipinski definition) is 10. The molecule has 3 aliphatic heterocycles. The number of rotatable bonds is 5. The summed E-state index contributed by atoms with van der Waals surface area (Å²) in [6, 6.07) is 13.5. The molecule has 1 aromatic heterocycles. The summed E-state index contributed by atoms with van der Waals surface area (Å²) in [5.74, 6) is 0.881. The Labute approximate surface area is 263 Å². The van der Waals surface area contributed by atoms with Gasteiger partial charge >= 0.3 is 12.0 Å². The molecule has 45 heavy (non-hydrogen) atoms. The lowest BCUT2D eigenvalue weighted by Gasteiger charge is -2.19. The van der Waals surface area contributed by atoms with Crippen molar-refractivity contribution in [1.82, 2.24) is 19.9 Å². The standard InChI is InChI=1S/C33H42N6O6/c1-2-43-33-37-31-34-21-23-9-12-26(13-10-23)44-17-7-5-3-4-6-8-18-45-28-20-25(35-32(36-31)38-33)11-14-27(28)30(42)39-16-15-24(22-39)19-29(40)41/h9-14,20,24H,2-8,15-19,21-22H2,1H3,(H,40,41)(H2,34,35,36,37,38). The molecule has 0 aliphatic carbocycles. The van der Waals surface area contributed by atoms with Gasteiger partial charge in [-0.2, -0.15) is 15.0 Å². The molecule has 240 valence electrons. The van der Waals surface area contributed by atoms with E-state index in [1.54, 1.807) is 23.1 Å². The molecule has 1 fully saturated rings. The minimum Gasteiger partial charge on any atom is -0.494 e. The van der Waals surface area contributed by atoms with Crippen LogP contribution in [0, 0.1) is 5.92 Å². The molecule has 0 radical (unpaired) electrons. The van der Waals surface area contributed by atoms with Crippen molar-refractivity contribution in [3.8, 4) is 17.5 Å². The Bertz CT molecular complexity index is 1440. The van der Waals surface area contributed by atoms with Crippen LogP contribution in [0.1, 0.15) is 74.2 Å². The average molecular weight is 619 g/mol. The summed E-state index contributed by atoms with van der Waals surface area (Å²) < 4.78 is 17.7. The highest BCUT2D eigenvalue weighted by Crippen LogP contribution is 2.30. The molecular weight excluding hydrogens is 576 g/mol. The summed E-state index contributed by atoms with van der Waals surface area (Å²) in [4.78, 5) is 39.9. The molecule has 1 amide bonds. The fourth-order valence-corrected chi connectivity index (χ4v) is 5.48. The van der Waals surface area contributed by atoms with E-state index in [2.05, 4.69) is 25.6 Å². The summed E-state index contributed by atoms with van der Waals surface area (Å²) in [5.41, 5.74) is 2.13. The Kier molecular flexibility index (Phi) is 11.3. The van der Waals surface area contributed by atoms with Crippen molar-refractivity contribution in [2.24, 2.45) is 5.92 Å². The predicted molar refractivity (Wildman–Crippen MR) is 169 cm³/mol. The molecular formula is C33H42N6O6. The normalized spacial score (nSPS) is 17.7. The largest absolute Gasteiger partial charge is 0.494 e. The maximum atomic E-state index is 13.6. The quantitative estimate of drug-likeness (QED) is 0.325. The Balaban J connectivity index is 1.38. The van der Waals surface area contributed by atoms with Crippen molar-refractivity contribution in [3.63, 3.8) is 0 Å². The molecule has 6 rings (SSSR count). The van der Waals surface area contributed by atoms with E-state index < -0.39 is 5.97 Å². The number of anilines is 3. The van der Waals surface area contributed by atoms with Crippen molar-refractivity contribution >= 4 is 29.5 Å². The first-order valence-electron chi connectivity index (χ1n) is 15.9. The van der Waals surface area contributed by atoms with Crippen LogP contribution in [0.15, 0.2) is 42.5 Å². The molecule has 3 aromatic rings. The van der Waals surface area contributed by atoms with Gasteiger partial charge in [-0.05, 0) is 61.9 Å². The molecule has 12 heteroatoms. The van der Waals surface area contributed by atoms with Crippen LogP contribution in [0.3, 0.4) is 0 Å². The Morgan fingerprint density at radius 1 is 0.956 bits per heavy atom. The number of amides is 1. The second-order valence-electron chi connectivity index (χ2n) is 11.4. The van der Waals surface area contributed by atoms with Crippen molar-refractivity contribution < 1.29 is 28.9 Å². The van der Waals surface area contributed by atoms with Gasteiger partial charge in [0.05, 0.1) is 25.4 Å². The molecule has 12 nitrogen and oxygen atoms in total. The number of carboxylic acid groups (broad SMARTS) is 1. The van der Waals surface area contributed by atoms with E-state index in [0.29, 0.717) is 68.8 Å². The van der Waals surface area contributed by atoms with Gasteiger partial charge < -0.3 is 34.9 Å². The number of carbonyl (C=O) groups excluding carboxylic acids is 1. The van der Waals surface area contributed by atoms with Crippen LogP contribution in [0.25, 0.3) is 0 Å². The van der Waals surface area contributed by atoms with E-state index in [1.807, 2.05) is 31.2 Å². The second-order valence-corrected chi connectivity index (χ2v) is 11.4. The zero-order chi connectivity index (χ0) is 31.4. The van der Waals surface area contributed by atoms with Crippen LogP contribution in [-0.2, 0) is 11.3 Å². The van der Waals surface area contributed by atoms with E-state index >= 15 is 0 Å². The zero-order valence-electron chi connectivity index (χ0n) is 25.8. The monoisotopic (exact) mass is 618 g/mol. The third kappa shape index (κ3) is 9.44. The highest BCUT2D eigenvalue weighted by atomic mass is 16.5. The number of fused-ring (bicyclic) bond motifs is 12. The van der Waals surface area contributed by atoms with Crippen LogP contribution in [0.5, 0.6) is 17.5 Å². The summed E-state index contributed by atoms with van der Waals surface area (Å²) in [6.45, 7) is 4.84. The van der Waals surface area contributed by atoms with Crippen molar-refractivity contribution in [2.45, 2.75) is 64.8 Å². The van der Waals surface area contributed by atoms with Gasteiger partial charge in [0.25, 0.3) is 5.91 Å². The molecule has 0 saturated carbocycles. The Morgan fingerprint density at radius 2 is 1.69 bits per heavy atom. The van der Waals surface area contributed by atoms with E-state index in [1.165, 1.54) is 0 Å². The lowest BCUT2D eigenvalue weighted by atomic mass is 10.1. The van der Waals surface area contributed by atoms with Crippen LogP contribution >= 0.6 is 0 Å². The van der Waals surface area contributed by atoms with Gasteiger partial charge in [0.15, 0.2) is 0 Å². The van der Waals surface area contributed by atoms with E-state index in [4.69, 9.17) is 14.2 Å². The van der Waals surface area contributed by atoms with Gasteiger partial charge in [0.1, 0.15) is 11.5 Å². The zero-order valence-corrected chi connectivity index (χ0v) is 25.8. The summed E-state index contributed by atoms with van der Waals surface area (Å²) in [5, 5.41) is 15.7. The first-order valence-corrected chi connectivity index (χ1v) is 15.9. The molecule has 4 heterocycles. The van der Waals surface area contributed by atoms with Gasteiger partial charge in [-0.1, -0.05) is 37.8 Å². The number of aromatic nitrogens is 3. The molecule has 3 aliphatic rings. The highest BCUT2D eigenvalue weighted by molar-refractivity contribution is 5.97. The number of ether oxygens (including phenoxy) is 3. The van der Waals surface area contributed by atoms with Crippen molar-refractivity contribution in [3.05, 3.63) is 53.6 Å². The Morgan fingerprint density at radius 3 is 2.44 bits per heavy atom. The van der Waals surface area contributed by atoms with Gasteiger partial charge in [0, 0.05) is 37.8 Å². The number of benzene rings is 2. The lowest BCUT2D eigenvalue weighted by Crippen LogP contribution is -2.29. The average Bonchev–Trinajstić information content (AvgIpc) is 3.49. The van der Waals surface area contributed by atoms with Crippen molar-refractivity contribution in [1.29, 1.82) is 0 Å². The first-order chi connectivity index (χ1) is 22.0. The number of carbonyl (C=O) groups is 2. The maximum absolute atomic E-state index is 13.6. The van der Waals surface area contributed by atoms with E-state index in [-0.39, 0.29) is 30.2 Å². The van der Waals surface area contributed by atoms with Crippen LogP contribution in [0.4, 0.5) is 17.6 Å². The topological polar surface area (TPSA) is 148 Å². The first kappa shape index (κ1) is 31.8. The van der Waals surface area contributed by atoms with E-state index in [9.17, 15) is 14.7 Å². The van der Waals surface area contributed by atoms with Crippen LogP contribution in [0.2, 0.25) is 0 Å². The fourth-order valence-electron chi connectivity index (χ4n) is 5.48. The summed E-state index contributed by atoms with van der Waals surface area (Å²) in [7, 11) is 0. The maximum Gasteiger partial charge on any atom is 0.323 e. The minimum atomic E-state index is -0.844. The fraction of sp³-hybridized carbons (Fsp3) is 0.485. The van der Waals surface area contributed by atoms with Crippen LogP contribution in [-0.4, -0.2) is 69.7 Å². The summed E-state index contributed by atoms with van der Waals surface area (Å²) in [6.07, 6.45) is 6.93. The van der Waals surface area contributed by atoms with Crippen molar-refractivity contribution in [2.75, 3.05) is 43.5 Å². The minimum absolute atomic E-state index is 0.0489. The van der Waals surface area contributed by atoms with Gasteiger partial charge in [-0.3, -0.25) is 9.59 Å². The smallest absolute Gasteiger partial charge is 0.323 e. The molecule has 2 aromatic carbocycles. The van der Waals surface area contributed by atoms with Gasteiger partial charge in [-0.25, -0.2) is 0 Å².